The van der Waals surface area contributed by atoms with Crippen LogP contribution in [0, 0.1) is 24.2 Å². The van der Waals surface area contributed by atoms with Crippen LogP contribution in [-0.2, 0) is 27.9 Å². The molecule has 1 fully saturated rings. The molecular formula is C39H67NO6SSi2. The fraction of sp³-hybridized carbons (Fsp3) is 0.769. The number of ether oxygens (including phenoxy) is 2. The Hall–Kier alpha value is -1.44. The maximum Gasteiger partial charge on any atom is 0.309 e. The monoisotopic (exact) mass is 733 g/mol. The van der Waals surface area contributed by atoms with Crippen LogP contribution in [-0.4, -0.2) is 63.4 Å². The molecule has 1 saturated heterocycles. The molecule has 10 heteroatoms. The lowest BCUT2D eigenvalue weighted by Crippen LogP contribution is -2.54. The quantitative estimate of drug-likeness (QED) is 0.124. The Morgan fingerprint density at radius 3 is 2.10 bits per heavy atom. The van der Waals surface area contributed by atoms with E-state index < -0.39 is 40.2 Å². The van der Waals surface area contributed by atoms with Crippen LogP contribution in [0.4, 0.5) is 0 Å². The number of hydrogen-bond acceptors (Lipinski definition) is 8. The molecule has 1 unspecified atom stereocenters. The van der Waals surface area contributed by atoms with Crippen molar-refractivity contribution in [3.63, 3.8) is 0 Å². The summed E-state index contributed by atoms with van der Waals surface area (Å²) in [6, 6.07) is 0. The van der Waals surface area contributed by atoms with Gasteiger partial charge in [0.2, 0.25) is 0 Å². The molecular weight excluding hydrogens is 667 g/mol. The minimum absolute atomic E-state index is 0.0122. The highest BCUT2D eigenvalue weighted by molar-refractivity contribution is 7.09. The molecule has 3 rings (SSSR count). The molecule has 7 atom stereocenters. The first kappa shape index (κ1) is 42.0. The Morgan fingerprint density at radius 1 is 1.00 bits per heavy atom. The maximum absolute atomic E-state index is 14.9. The van der Waals surface area contributed by atoms with E-state index in [0.29, 0.717) is 6.42 Å². The van der Waals surface area contributed by atoms with Gasteiger partial charge in [-0.2, -0.15) is 0 Å². The zero-order chi connectivity index (χ0) is 37.5. The Morgan fingerprint density at radius 2 is 1.57 bits per heavy atom. The van der Waals surface area contributed by atoms with Gasteiger partial charge in [-0.3, -0.25) is 9.59 Å². The fourth-order valence-electron chi connectivity index (χ4n) is 6.10. The minimum atomic E-state index is -2.41. The fourth-order valence-corrected chi connectivity index (χ4v) is 9.56. The van der Waals surface area contributed by atoms with Crippen LogP contribution in [0.15, 0.2) is 23.1 Å². The van der Waals surface area contributed by atoms with Gasteiger partial charge < -0.3 is 18.3 Å². The number of nitrogens with zero attached hydrogens (tertiary/aromatic N) is 1. The lowest BCUT2D eigenvalue weighted by molar-refractivity contribution is -0.153. The third-order valence-electron chi connectivity index (χ3n) is 11.9. The average Bonchev–Trinajstić information content (AvgIpc) is 3.39. The SMILES string of the molecule is C/C(=C\c1csc(C)n1)[C@@H]1C[C@@H]2O[C@]2(C)C/C=C/[C@H](C)C(O[Si](C)(C)C(C)(C)C)[C@@H](C)C(=O)C(C)(C)[C@@H](O[Si](C)(C)C(C)(C)C)CC(=O)O1. The number of aryl methyl sites for hydroxylation is 1. The number of esters is 1. The molecule has 0 aromatic carbocycles. The van der Waals surface area contributed by atoms with E-state index in [4.69, 9.17) is 18.3 Å². The molecule has 0 bridgehead atoms. The van der Waals surface area contributed by atoms with Gasteiger partial charge in [0.1, 0.15) is 11.9 Å². The molecule has 0 amide bonds. The second kappa shape index (κ2) is 14.9. The third kappa shape index (κ3) is 10.1. The number of carbonyl (C=O) groups excluding carboxylic acids is 2. The van der Waals surface area contributed by atoms with E-state index in [1.54, 1.807) is 11.3 Å². The number of fused-ring (bicyclic) bond motifs is 1. The second-order valence-corrected chi connectivity index (χ2v) is 29.2. The van der Waals surface area contributed by atoms with Crippen LogP contribution in [0.25, 0.3) is 6.08 Å². The molecule has 0 radical (unpaired) electrons. The van der Waals surface area contributed by atoms with Crippen LogP contribution in [0.5, 0.6) is 0 Å². The van der Waals surface area contributed by atoms with E-state index in [1.807, 2.05) is 46.1 Å². The van der Waals surface area contributed by atoms with Gasteiger partial charge in [0.05, 0.1) is 41.0 Å². The summed E-state index contributed by atoms with van der Waals surface area (Å²) in [6.07, 6.45) is 6.09. The van der Waals surface area contributed by atoms with Crippen molar-refractivity contribution in [3.05, 3.63) is 33.8 Å². The first-order valence-electron chi connectivity index (χ1n) is 18.2. The van der Waals surface area contributed by atoms with Crippen molar-refractivity contribution in [2.24, 2.45) is 17.3 Å². The van der Waals surface area contributed by atoms with Crippen LogP contribution >= 0.6 is 11.3 Å². The van der Waals surface area contributed by atoms with E-state index in [2.05, 4.69) is 98.7 Å². The number of carbonyl (C=O) groups is 2. The van der Waals surface area contributed by atoms with E-state index >= 15 is 0 Å². The molecule has 2 aliphatic rings. The van der Waals surface area contributed by atoms with Crippen LogP contribution in [0.1, 0.15) is 113 Å². The maximum atomic E-state index is 14.9. The molecule has 0 aliphatic carbocycles. The molecule has 278 valence electrons. The van der Waals surface area contributed by atoms with Gasteiger partial charge in [-0.25, -0.2) is 4.98 Å². The van der Waals surface area contributed by atoms with Crippen LogP contribution in [0.3, 0.4) is 0 Å². The highest BCUT2D eigenvalue weighted by atomic mass is 32.1. The molecule has 1 aromatic rings. The van der Waals surface area contributed by atoms with Gasteiger partial charge >= 0.3 is 5.97 Å². The zero-order valence-electron chi connectivity index (χ0n) is 33.7. The van der Waals surface area contributed by atoms with E-state index in [1.165, 1.54) is 0 Å². The molecule has 49 heavy (non-hydrogen) atoms. The molecule has 2 aliphatic heterocycles. The summed E-state index contributed by atoms with van der Waals surface area (Å²) < 4.78 is 26.8. The lowest BCUT2D eigenvalue weighted by Gasteiger charge is -2.46. The van der Waals surface area contributed by atoms with Gasteiger partial charge in [-0.1, -0.05) is 81.4 Å². The molecule has 0 N–H and O–H groups in total. The summed E-state index contributed by atoms with van der Waals surface area (Å²) in [5.41, 5.74) is 0.426. The Bertz CT molecular complexity index is 1400. The zero-order valence-corrected chi connectivity index (χ0v) is 36.5. The number of epoxide rings is 1. The summed E-state index contributed by atoms with van der Waals surface area (Å²) >= 11 is 1.59. The number of hydrogen-bond donors (Lipinski definition) is 0. The predicted octanol–water partition coefficient (Wildman–Crippen LogP) is 10.3. The Labute approximate surface area is 304 Å². The van der Waals surface area contributed by atoms with Crippen molar-refractivity contribution < 1.29 is 27.9 Å². The average molecular weight is 734 g/mol. The standard InChI is InChI=1S/C39H67NO6SSi2/c1-25-19-18-20-39(13)32(44-39)22-30(26(2)21-29-24-47-28(4)40-29)43-33(41)23-31(45-48(14,15)36(5,6)7)38(11,12)35(42)27(3)34(25)46-49(16,17)37(8,9)10/h18-19,21,24-25,27,30-32,34H,20,22-23H2,1-17H3/b19-18+,26-21+/t25-,27+,30-,31-,32-,34?,39+/m0/s1. The largest absolute Gasteiger partial charge is 0.458 e. The molecule has 0 spiro atoms. The summed E-state index contributed by atoms with van der Waals surface area (Å²) in [7, 11) is -4.66. The number of thiazole rings is 1. The number of rotatable bonds is 6. The molecule has 0 saturated carbocycles. The Kier molecular flexibility index (Phi) is 12.8. The van der Waals surface area contributed by atoms with Crippen molar-refractivity contribution in [1.29, 1.82) is 0 Å². The highest BCUT2D eigenvalue weighted by Gasteiger charge is 2.53. The number of Topliss-reactive ketones (excluding diaryl/α,β-unsaturated/α-hetero) is 1. The second-order valence-electron chi connectivity index (χ2n) is 18.6. The summed E-state index contributed by atoms with van der Waals surface area (Å²) in [5, 5.41) is 2.86. The summed E-state index contributed by atoms with van der Waals surface area (Å²) in [5.74, 6) is -0.773. The number of cyclic esters (lactones) is 1. The van der Waals surface area contributed by atoms with E-state index in [9.17, 15) is 9.59 Å². The first-order valence-corrected chi connectivity index (χ1v) is 24.8. The lowest BCUT2D eigenvalue weighted by atomic mass is 9.73. The molecule has 7 nitrogen and oxygen atoms in total. The first-order chi connectivity index (χ1) is 22.1. The van der Waals surface area contributed by atoms with Crippen molar-refractivity contribution >= 4 is 45.8 Å². The third-order valence-corrected chi connectivity index (χ3v) is 21.7. The van der Waals surface area contributed by atoms with Crippen LogP contribution < -0.4 is 0 Å². The molecule has 3 heterocycles. The van der Waals surface area contributed by atoms with E-state index in [0.717, 1.165) is 22.7 Å². The number of aromatic nitrogens is 1. The Balaban J connectivity index is 2.12. The van der Waals surface area contributed by atoms with Gasteiger partial charge in [0, 0.05) is 23.1 Å². The normalized spacial score (nSPS) is 32.0. The van der Waals surface area contributed by atoms with Crippen molar-refractivity contribution in [3.8, 4) is 0 Å². The van der Waals surface area contributed by atoms with Gasteiger partial charge in [0.15, 0.2) is 16.6 Å². The minimum Gasteiger partial charge on any atom is -0.458 e. The summed E-state index contributed by atoms with van der Waals surface area (Å²) in [4.78, 5) is 33.5. The topological polar surface area (TPSA) is 87.3 Å². The van der Waals surface area contributed by atoms with Crippen molar-refractivity contribution in [2.75, 3.05) is 0 Å². The molecule has 1 aromatic heterocycles. The summed E-state index contributed by atoms with van der Waals surface area (Å²) in [6.45, 7) is 36.2. The number of ketones is 1. The van der Waals surface area contributed by atoms with Crippen molar-refractivity contribution in [2.45, 2.75) is 176 Å². The van der Waals surface area contributed by atoms with Crippen LogP contribution in [0.2, 0.25) is 36.3 Å². The predicted molar refractivity (Wildman–Crippen MR) is 208 cm³/mol. The van der Waals surface area contributed by atoms with Gasteiger partial charge in [-0.15, -0.1) is 11.3 Å². The highest BCUT2D eigenvalue weighted by Crippen LogP contribution is 2.46. The van der Waals surface area contributed by atoms with Gasteiger partial charge in [-0.05, 0) is 81.0 Å². The van der Waals surface area contributed by atoms with Crippen molar-refractivity contribution in [1.82, 2.24) is 4.98 Å². The van der Waals surface area contributed by atoms with Gasteiger partial charge in [0.25, 0.3) is 0 Å². The smallest absolute Gasteiger partial charge is 0.309 e. The van der Waals surface area contributed by atoms with E-state index in [-0.39, 0.29) is 52.0 Å².